The molecule has 0 aliphatic carbocycles. The number of amides is 1. The molecule has 4 aromatic rings. The fraction of sp³-hybridized carbons (Fsp3) is 0.344. The second kappa shape index (κ2) is 12.1. The summed E-state index contributed by atoms with van der Waals surface area (Å²) in [5.74, 6) is -0.144. The lowest BCUT2D eigenvalue weighted by molar-refractivity contribution is -0.137. The number of alkyl halides is 3. The lowest BCUT2D eigenvalue weighted by Gasteiger charge is -2.33. The van der Waals surface area contributed by atoms with Gasteiger partial charge >= 0.3 is 6.18 Å². The van der Waals surface area contributed by atoms with Crippen LogP contribution in [0, 0.1) is 13.8 Å². The minimum Gasteiger partial charge on any atom is -0.328 e. The predicted molar refractivity (Wildman–Crippen MR) is 152 cm³/mol. The maximum atomic E-state index is 13.9. The first-order chi connectivity index (χ1) is 19.1. The zero-order valence-electron chi connectivity index (χ0n) is 23.3. The summed E-state index contributed by atoms with van der Waals surface area (Å²) in [5.41, 5.74) is 2.00. The number of carbonyl (C=O) groups excluding carboxylic acids is 1. The van der Waals surface area contributed by atoms with Gasteiger partial charge in [0.2, 0.25) is 0 Å². The first-order valence-electron chi connectivity index (χ1n) is 13.6. The lowest BCUT2D eigenvalue weighted by Crippen LogP contribution is -2.39. The molecule has 8 heteroatoms. The molecular formula is C32H34F3N3O2. The number of halogens is 3. The van der Waals surface area contributed by atoms with Crippen LogP contribution >= 0.6 is 0 Å². The van der Waals surface area contributed by atoms with Gasteiger partial charge in [0.05, 0.1) is 28.2 Å². The lowest BCUT2D eigenvalue weighted by atomic mass is 10.0. The first-order valence-corrected chi connectivity index (χ1v) is 13.6. The SMILES string of the molecule is CCCCCN(C(=O)c1cccc(C(F)(F)F)c1)C(CC)c1nc2ccccc2c(=O)n1-c1ccc(C)c(C)c1. The van der Waals surface area contributed by atoms with E-state index in [0.717, 1.165) is 36.1 Å². The van der Waals surface area contributed by atoms with Gasteiger partial charge in [-0.15, -0.1) is 0 Å². The van der Waals surface area contributed by atoms with Gasteiger partial charge in [-0.2, -0.15) is 13.2 Å². The molecule has 0 saturated heterocycles. The predicted octanol–water partition coefficient (Wildman–Crippen LogP) is 7.81. The number of carbonyl (C=O) groups is 1. The Morgan fingerprint density at radius 2 is 1.70 bits per heavy atom. The van der Waals surface area contributed by atoms with Crippen LogP contribution in [0.25, 0.3) is 16.6 Å². The van der Waals surface area contributed by atoms with Gasteiger partial charge in [0.25, 0.3) is 11.5 Å². The number of fused-ring (bicyclic) bond motifs is 1. The molecule has 0 spiro atoms. The molecule has 40 heavy (non-hydrogen) atoms. The molecule has 0 radical (unpaired) electrons. The van der Waals surface area contributed by atoms with E-state index in [1.807, 2.05) is 45.9 Å². The van der Waals surface area contributed by atoms with Gasteiger partial charge < -0.3 is 4.90 Å². The summed E-state index contributed by atoms with van der Waals surface area (Å²) in [6, 6.07) is 16.6. The van der Waals surface area contributed by atoms with E-state index >= 15 is 0 Å². The average molecular weight is 550 g/mol. The molecule has 1 atom stereocenters. The number of para-hydroxylation sites is 1. The number of hydrogen-bond acceptors (Lipinski definition) is 3. The van der Waals surface area contributed by atoms with Crippen LogP contribution in [-0.2, 0) is 6.18 Å². The summed E-state index contributed by atoms with van der Waals surface area (Å²) < 4.78 is 42.0. The van der Waals surface area contributed by atoms with Crippen LogP contribution in [-0.4, -0.2) is 26.9 Å². The number of hydrogen-bond donors (Lipinski definition) is 0. The third-order valence-electron chi connectivity index (χ3n) is 7.31. The topological polar surface area (TPSA) is 55.2 Å². The van der Waals surface area contributed by atoms with E-state index in [2.05, 4.69) is 0 Å². The number of rotatable bonds is 9. The van der Waals surface area contributed by atoms with Crippen molar-refractivity contribution in [2.75, 3.05) is 6.54 Å². The Hall–Kier alpha value is -3.94. The Labute approximate surface area is 232 Å². The normalized spacial score (nSPS) is 12.5. The van der Waals surface area contributed by atoms with Crippen LogP contribution in [0.2, 0.25) is 0 Å². The summed E-state index contributed by atoms with van der Waals surface area (Å²) in [5, 5.41) is 0.445. The van der Waals surface area contributed by atoms with Crippen LogP contribution in [0.1, 0.15) is 78.4 Å². The highest BCUT2D eigenvalue weighted by molar-refractivity contribution is 5.94. The van der Waals surface area contributed by atoms with Crippen molar-refractivity contribution in [2.45, 2.75) is 65.6 Å². The van der Waals surface area contributed by atoms with Crippen molar-refractivity contribution < 1.29 is 18.0 Å². The molecule has 0 saturated carbocycles. The van der Waals surface area contributed by atoms with E-state index in [0.29, 0.717) is 41.8 Å². The molecule has 0 aliphatic heterocycles. The van der Waals surface area contributed by atoms with Crippen LogP contribution in [0.4, 0.5) is 13.2 Å². The maximum absolute atomic E-state index is 13.9. The summed E-state index contributed by atoms with van der Waals surface area (Å²) >= 11 is 0. The van der Waals surface area contributed by atoms with Gasteiger partial charge in [0.15, 0.2) is 0 Å². The molecule has 1 amide bonds. The maximum Gasteiger partial charge on any atom is 0.416 e. The second-order valence-electron chi connectivity index (χ2n) is 10.1. The van der Waals surface area contributed by atoms with Crippen LogP contribution in [0.5, 0.6) is 0 Å². The van der Waals surface area contributed by atoms with Crippen LogP contribution in [0.15, 0.2) is 71.5 Å². The van der Waals surface area contributed by atoms with E-state index in [4.69, 9.17) is 4.98 Å². The fourth-order valence-corrected chi connectivity index (χ4v) is 4.96. The Balaban J connectivity index is 1.93. The van der Waals surface area contributed by atoms with Crippen molar-refractivity contribution in [3.05, 3.63) is 105 Å². The van der Waals surface area contributed by atoms with Gasteiger partial charge in [-0.1, -0.05) is 51.0 Å². The molecule has 0 fully saturated rings. The molecular weight excluding hydrogens is 515 g/mol. The molecule has 3 aromatic carbocycles. The largest absolute Gasteiger partial charge is 0.416 e. The van der Waals surface area contributed by atoms with E-state index in [1.54, 1.807) is 33.7 Å². The number of nitrogens with zero attached hydrogens (tertiary/aromatic N) is 3. The van der Waals surface area contributed by atoms with E-state index < -0.39 is 23.7 Å². The summed E-state index contributed by atoms with van der Waals surface area (Å²) in [4.78, 5) is 34.4. The molecule has 1 unspecified atom stereocenters. The van der Waals surface area contributed by atoms with Gasteiger partial charge in [-0.05, 0) is 80.3 Å². The Bertz CT molecular complexity index is 1580. The van der Waals surface area contributed by atoms with E-state index in [-0.39, 0.29) is 11.1 Å². The van der Waals surface area contributed by atoms with Crippen molar-refractivity contribution in [1.82, 2.24) is 14.5 Å². The number of aromatic nitrogens is 2. The van der Waals surface area contributed by atoms with E-state index in [1.165, 1.54) is 12.1 Å². The van der Waals surface area contributed by atoms with Crippen LogP contribution < -0.4 is 5.56 Å². The highest BCUT2D eigenvalue weighted by atomic mass is 19.4. The van der Waals surface area contributed by atoms with Gasteiger partial charge in [0.1, 0.15) is 5.82 Å². The van der Waals surface area contributed by atoms with Gasteiger partial charge in [-0.25, -0.2) is 4.98 Å². The monoisotopic (exact) mass is 549 g/mol. The standard InChI is InChI=1S/C32H34F3N3O2/c1-5-7-10-18-37(30(39)23-12-11-13-24(20-23)32(33,34)35)28(6-2)29-36-27-15-9-8-14-26(27)31(40)38(29)25-17-16-21(3)22(4)19-25/h8-9,11-17,19-20,28H,5-7,10,18H2,1-4H3. The Kier molecular flexibility index (Phi) is 8.76. The van der Waals surface area contributed by atoms with Crippen molar-refractivity contribution in [3.8, 4) is 5.69 Å². The fourth-order valence-electron chi connectivity index (χ4n) is 4.96. The molecule has 4 rings (SSSR count). The minimum absolute atomic E-state index is 0.0503. The smallest absolute Gasteiger partial charge is 0.328 e. The van der Waals surface area contributed by atoms with Crippen molar-refractivity contribution in [1.29, 1.82) is 0 Å². The van der Waals surface area contributed by atoms with Gasteiger partial charge in [0, 0.05) is 12.1 Å². The molecule has 1 aromatic heterocycles. The van der Waals surface area contributed by atoms with Crippen molar-refractivity contribution in [2.24, 2.45) is 0 Å². The Morgan fingerprint density at radius 3 is 2.38 bits per heavy atom. The van der Waals surface area contributed by atoms with Crippen molar-refractivity contribution >= 4 is 16.8 Å². The zero-order valence-corrected chi connectivity index (χ0v) is 23.3. The average Bonchev–Trinajstić information content (AvgIpc) is 2.94. The number of unbranched alkanes of at least 4 members (excludes halogenated alkanes) is 2. The highest BCUT2D eigenvalue weighted by Crippen LogP contribution is 2.32. The molecule has 5 nitrogen and oxygen atoms in total. The van der Waals surface area contributed by atoms with E-state index in [9.17, 15) is 22.8 Å². The number of benzene rings is 3. The molecule has 210 valence electrons. The quantitative estimate of drug-likeness (QED) is 0.200. The molecule has 1 heterocycles. The Morgan fingerprint density at radius 1 is 0.950 bits per heavy atom. The third kappa shape index (κ3) is 5.96. The molecule has 0 aliphatic rings. The minimum atomic E-state index is -4.57. The molecule has 0 bridgehead atoms. The summed E-state index contributed by atoms with van der Waals surface area (Å²) in [6.45, 7) is 8.20. The summed E-state index contributed by atoms with van der Waals surface area (Å²) in [6.07, 6.45) is -1.75. The molecule has 0 N–H and O–H groups in total. The van der Waals surface area contributed by atoms with Gasteiger partial charge in [-0.3, -0.25) is 14.2 Å². The first kappa shape index (κ1) is 29.1. The van der Waals surface area contributed by atoms with Crippen molar-refractivity contribution in [3.63, 3.8) is 0 Å². The second-order valence-corrected chi connectivity index (χ2v) is 10.1. The van der Waals surface area contributed by atoms with Crippen LogP contribution in [0.3, 0.4) is 0 Å². The highest BCUT2D eigenvalue weighted by Gasteiger charge is 2.33. The third-order valence-corrected chi connectivity index (χ3v) is 7.31. The zero-order chi connectivity index (χ0) is 29.0. The number of aryl methyl sites for hydroxylation is 2. The summed E-state index contributed by atoms with van der Waals surface area (Å²) in [7, 11) is 0.